The third-order valence-corrected chi connectivity index (χ3v) is 3.64. The van der Waals surface area contributed by atoms with Crippen LogP contribution in [-0.4, -0.2) is 20.7 Å². The lowest BCUT2D eigenvalue weighted by Gasteiger charge is -2.06. The molecule has 110 valence electrons. The van der Waals surface area contributed by atoms with E-state index in [1.165, 1.54) is 0 Å². The molecule has 0 saturated heterocycles. The summed E-state index contributed by atoms with van der Waals surface area (Å²) in [5.74, 6) is -0.141. The first kappa shape index (κ1) is 14.0. The highest BCUT2D eigenvalue weighted by Crippen LogP contribution is 2.19. The van der Waals surface area contributed by atoms with Gasteiger partial charge >= 0.3 is 0 Å². The van der Waals surface area contributed by atoms with Gasteiger partial charge in [0, 0.05) is 25.0 Å². The van der Waals surface area contributed by atoms with Crippen LogP contribution in [0.4, 0.5) is 5.69 Å². The Labute approximate surface area is 128 Å². The maximum Gasteiger partial charge on any atom is 0.255 e. The normalized spacial score (nSPS) is 10.5. The van der Waals surface area contributed by atoms with Crippen molar-refractivity contribution in [2.45, 2.75) is 6.92 Å². The lowest BCUT2D eigenvalue weighted by molar-refractivity contribution is 0.102. The van der Waals surface area contributed by atoms with Gasteiger partial charge in [-0.05, 0) is 42.3 Å². The van der Waals surface area contributed by atoms with Crippen molar-refractivity contribution in [1.29, 1.82) is 0 Å². The Hall–Kier alpha value is -2.95. The summed E-state index contributed by atoms with van der Waals surface area (Å²) >= 11 is 0. The van der Waals surface area contributed by atoms with Crippen molar-refractivity contribution < 1.29 is 4.79 Å². The maximum atomic E-state index is 12.3. The molecule has 1 aromatic carbocycles. The molecule has 0 unspecified atom stereocenters. The summed E-state index contributed by atoms with van der Waals surface area (Å²) in [7, 11) is 1.84. The number of anilines is 1. The number of hydrogen-bond donors (Lipinski definition) is 1. The molecular formula is C17H16N4O. The summed E-state index contributed by atoms with van der Waals surface area (Å²) in [5, 5.41) is 6.99. The highest BCUT2D eigenvalue weighted by molar-refractivity contribution is 6.04. The van der Waals surface area contributed by atoms with Crippen LogP contribution in [0.25, 0.3) is 11.1 Å². The summed E-state index contributed by atoms with van der Waals surface area (Å²) < 4.78 is 1.72. The zero-order valence-corrected chi connectivity index (χ0v) is 12.4. The number of pyridine rings is 1. The van der Waals surface area contributed by atoms with Crippen molar-refractivity contribution >= 4 is 11.6 Å². The predicted molar refractivity (Wildman–Crippen MR) is 85.6 cm³/mol. The van der Waals surface area contributed by atoms with Gasteiger partial charge in [-0.3, -0.25) is 14.5 Å². The van der Waals surface area contributed by atoms with Crippen LogP contribution in [0.15, 0.2) is 55.0 Å². The molecule has 0 aliphatic carbocycles. The summed E-state index contributed by atoms with van der Waals surface area (Å²) in [6, 6.07) is 11.4. The Kier molecular flexibility index (Phi) is 3.70. The van der Waals surface area contributed by atoms with Crippen LogP contribution in [0, 0.1) is 6.92 Å². The summed E-state index contributed by atoms with van der Waals surface area (Å²) in [6.07, 6.45) is 5.15. The van der Waals surface area contributed by atoms with E-state index in [-0.39, 0.29) is 5.91 Å². The van der Waals surface area contributed by atoms with Gasteiger partial charge in [0.2, 0.25) is 0 Å². The quantitative estimate of drug-likeness (QED) is 0.807. The number of amides is 1. The molecule has 0 radical (unpaired) electrons. The molecule has 1 amide bonds. The van der Waals surface area contributed by atoms with Gasteiger partial charge in [0.1, 0.15) is 0 Å². The van der Waals surface area contributed by atoms with Crippen molar-refractivity contribution in [3.05, 3.63) is 66.2 Å². The van der Waals surface area contributed by atoms with Gasteiger partial charge in [-0.2, -0.15) is 5.10 Å². The third kappa shape index (κ3) is 2.74. The molecule has 5 heteroatoms. The Balaban J connectivity index is 1.78. The van der Waals surface area contributed by atoms with Crippen molar-refractivity contribution in [1.82, 2.24) is 14.8 Å². The number of aromatic nitrogens is 3. The van der Waals surface area contributed by atoms with E-state index in [1.807, 2.05) is 50.4 Å². The fourth-order valence-corrected chi connectivity index (χ4v) is 2.17. The minimum absolute atomic E-state index is 0.141. The molecule has 3 rings (SSSR count). The van der Waals surface area contributed by atoms with Crippen molar-refractivity contribution in [2.75, 3.05) is 5.32 Å². The molecule has 0 atom stereocenters. The minimum Gasteiger partial charge on any atom is -0.319 e. The number of hydrogen-bond acceptors (Lipinski definition) is 3. The predicted octanol–water partition coefficient (Wildman–Crippen LogP) is 3.04. The lowest BCUT2D eigenvalue weighted by Crippen LogP contribution is -2.12. The van der Waals surface area contributed by atoms with Gasteiger partial charge in [0.05, 0.1) is 17.6 Å². The summed E-state index contributed by atoms with van der Waals surface area (Å²) in [4.78, 5) is 16.3. The summed E-state index contributed by atoms with van der Waals surface area (Å²) in [5.41, 5.74) is 4.38. The van der Waals surface area contributed by atoms with Crippen LogP contribution in [0.3, 0.4) is 0 Å². The maximum absolute atomic E-state index is 12.3. The zero-order chi connectivity index (χ0) is 15.5. The molecule has 0 saturated carbocycles. The van der Waals surface area contributed by atoms with Crippen LogP contribution in [-0.2, 0) is 7.05 Å². The molecule has 0 spiro atoms. The highest BCUT2D eigenvalue weighted by atomic mass is 16.1. The topological polar surface area (TPSA) is 59.8 Å². The van der Waals surface area contributed by atoms with Gasteiger partial charge in [0.25, 0.3) is 5.91 Å². The third-order valence-electron chi connectivity index (χ3n) is 3.64. The fraction of sp³-hybridized carbons (Fsp3) is 0.118. The van der Waals surface area contributed by atoms with Crippen molar-refractivity contribution in [2.24, 2.45) is 7.05 Å². The molecule has 2 aromatic heterocycles. The molecule has 22 heavy (non-hydrogen) atoms. The van der Waals surface area contributed by atoms with E-state index in [1.54, 1.807) is 23.3 Å². The minimum atomic E-state index is -0.141. The second kappa shape index (κ2) is 5.81. The average Bonchev–Trinajstić information content (AvgIpc) is 2.88. The largest absolute Gasteiger partial charge is 0.319 e. The van der Waals surface area contributed by atoms with Gasteiger partial charge < -0.3 is 5.32 Å². The standard InChI is InChI=1S/C17H16N4O/c1-12-16(11-19-21(12)2)20-17(22)15-5-3-13(4-6-15)14-7-9-18-10-8-14/h3-11H,1-2H3,(H,20,22). The molecule has 1 N–H and O–H groups in total. The van der Waals surface area contributed by atoms with Crippen LogP contribution in [0.2, 0.25) is 0 Å². The van der Waals surface area contributed by atoms with Gasteiger partial charge in [-0.1, -0.05) is 12.1 Å². The molecule has 5 nitrogen and oxygen atoms in total. The molecule has 0 aliphatic heterocycles. The van der Waals surface area contributed by atoms with Gasteiger partial charge in [-0.25, -0.2) is 0 Å². The van der Waals surface area contributed by atoms with Crippen LogP contribution < -0.4 is 5.32 Å². The molecule has 0 bridgehead atoms. The average molecular weight is 292 g/mol. The lowest BCUT2D eigenvalue weighted by atomic mass is 10.0. The van der Waals surface area contributed by atoms with E-state index in [0.29, 0.717) is 5.56 Å². The molecule has 0 fully saturated rings. The van der Waals surface area contributed by atoms with E-state index in [9.17, 15) is 4.79 Å². The summed E-state index contributed by atoms with van der Waals surface area (Å²) in [6.45, 7) is 1.91. The first-order valence-corrected chi connectivity index (χ1v) is 6.95. The number of nitrogens with one attached hydrogen (secondary N) is 1. The molecular weight excluding hydrogens is 276 g/mol. The number of aryl methyl sites for hydroxylation is 1. The first-order chi connectivity index (χ1) is 10.6. The number of benzene rings is 1. The zero-order valence-electron chi connectivity index (χ0n) is 12.4. The SMILES string of the molecule is Cc1c(NC(=O)c2ccc(-c3ccncc3)cc2)cnn1C. The fourth-order valence-electron chi connectivity index (χ4n) is 2.17. The van der Waals surface area contributed by atoms with Crippen LogP contribution >= 0.6 is 0 Å². The van der Waals surface area contributed by atoms with E-state index < -0.39 is 0 Å². The smallest absolute Gasteiger partial charge is 0.255 e. The van der Waals surface area contributed by atoms with E-state index in [4.69, 9.17) is 0 Å². The van der Waals surface area contributed by atoms with E-state index in [2.05, 4.69) is 15.4 Å². The number of carbonyl (C=O) groups is 1. The Morgan fingerprint density at radius 2 is 1.68 bits per heavy atom. The second-order valence-electron chi connectivity index (χ2n) is 5.03. The van der Waals surface area contributed by atoms with Crippen molar-refractivity contribution in [3.8, 4) is 11.1 Å². The number of nitrogens with zero attached hydrogens (tertiary/aromatic N) is 3. The van der Waals surface area contributed by atoms with Crippen LogP contribution in [0.1, 0.15) is 16.1 Å². The Morgan fingerprint density at radius 3 is 2.27 bits per heavy atom. The number of carbonyl (C=O) groups excluding carboxylic acids is 1. The van der Waals surface area contributed by atoms with Gasteiger partial charge in [0.15, 0.2) is 0 Å². The second-order valence-corrected chi connectivity index (χ2v) is 5.03. The highest BCUT2D eigenvalue weighted by Gasteiger charge is 2.10. The number of rotatable bonds is 3. The Morgan fingerprint density at radius 1 is 1.05 bits per heavy atom. The molecule has 0 aliphatic rings. The van der Waals surface area contributed by atoms with E-state index >= 15 is 0 Å². The monoisotopic (exact) mass is 292 g/mol. The first-order valence-electron chi connectivity index (χ1n) is 6.95. The van der Waals surface area contributed by atoms with Gasteiger partial charge in [-0.15, -0.1) is 0 Å². The molecule has 3 aromatic rings. The van der Waals surface area contributed by atoms with Crippen molar-refractivity contribution in [3.63, 3.8) is 0 Å². The molecule has 2 heterocycles. The van der Waals surface area contributed by atoms with E-state index in [0.717, 1.165) is 22.5 Å². The van der Waals surface area contributed by atoms with Crippen LogP contribution in [0.5, 0.6) is 0 Å². The Bertz CT molecular complexity index is 791.